The molecule has 1 spiro atoms. The second kappa shape index (κ2) is 17.8. The summed E-state index contributed by atoms with van der Waals surface area (Å²) < 4.78 is 22.0. The summed E-state index contributed by atoms with van der Waals surface area (Å²) in [6.45, 7) is 9.20. The van der Waals surface area contributed by atoms with Crippen LogP contribution in [0, 0.1) is 17.2 Å². The summed E-state index contributed by atoms with van der Waals surface area (Å²) in [5.74, 6) is -2.31. The van der Waals surface area contributed by atoms with Crippen LogP contribution in [0.1, 0.15) is 96.2 Å². The van der Waals surface area contributed by atoms with Crippen LogP contribution in [0.25, 0.3) is 0 Å². The second-order valence-electron chi connectivity index (χ2n) is 19.5. The standard InChI is InChI=1S/C50H54Cl2FN7O6/c1-49(2,3)23-40-50(26-55-37-22-30(51)9-12-34(37)50)42(33-6-5-7-35(52)43(33)53)44(57-40)47(64)56-36-13-8-28(21-39(36)66-4)45(62)54-24-27-16-18-59(19-17-27)31-10-11-32-29(20-31)25-60(48(32)65)38-14-15-41(61)58-46(38)63/h5-13,20-22,27,38,40,42,44,55,57H,14-19,23-26H2,1-4H3,(H,54,62)(H,56,64)(H,58,61,63)/t38?,40-,42-,44+,50-/m0/s1. The van der Waals surface area contributed by atoms with Gasteiger partial charge < -0.3 is 35.8 Å². The van der Waals surface area contributed by atoms with Gasteiger partial charge in [-0.15, -0.1) is 0 Å². The van der Waals surface area contributed by atoms with Crippen LogP contribution in [0.2, 0.25) is 10.0 Å². The van der Waals surface area contributed by atoms with E-state index in [4.69, 9.17) is 27.9 Å². The van der Waals surface area contributed by atoms with Crippen molar-refractivity contribution < 1.29 is 33.1 Å². The topological polar surface area (TPSA) is 161 Å². The second-order valence-corrected chi connectivity index (χ2v) is 20.3. The molecule has 5 aliphatic heterocycles. The van der Waals surface area contributed by atoms with Crippen LogP contribution in [0.15, 0.2) is 72.8 Å². The minimum atomic E-state index is -0.893. The third-order valence-electron chi connectivity index (χ3n) is 14.1. The van der Waals surface area contributed by atoms with Crippen molar-refractivity contribution in [2.75, 3.05) is 48.8 Å². The van der Waals surface area contributed by atoms with E-state index in [1.165, 1.54) is 13.2 Å². The van der Waals surface area contributed by atoms with Gasteiger partial charge in [0.25, 0.3) is 11.8 Å². The zero-order chi connectivity index (χ0) is 46.7. The molecule has 346 valence electrons. The van der Waals surface area contributed by atoms with E-state index in [0.29, 0.717) is 65.6 Å². The molecule has 0 bridgehead atoms. The highest BCUT2D eigenvalue weighted by atomic mass is 35.5. The highest BCUT2D eigenvalue weighted by Crippen LogP contribution is 2.57. The first-order chi connectivity index (χ1) is 31.5. The van der Waals surface area contributed by atoms with Crippen molar-refractivity contribution in [3.63, 3.8) is 0 Å². The van der Waals surface area contributed by atoms with Crippen molar-refractivity contribution in [2.24, 2.45) is 11.3 Å². The number of benzene rings is 4. The average molecular weight is 939 g/mol. The van der Waals surface area contributed by atoms with Gasteiger partial charge in [0, 0.05) is 84.0 Å². The molecule has 3 fully saturated rings. The number of nitrogens with one attached hydrogen (secondary N) is 5. The van der Waals surface area contributed by atoms with Gasteiger partial charge >= 0.3 is 0 Å². The Morgan fingerprint density at radius 1 is 0.970 bits per heavy atom. The maximum Gasteiger partial charge on any atom is 0.255 e. The minimum Gasteiger partial charge on any atom is -0.495 e. The lowest BCUT2D eigenvalue weighted by Gasteiger charge is -2.39. The lowest BCUT2D eigenvalue weighted by Crippen LogP contribution is -2.52. The fourth-order valence-electron chi connectivity index (χ4n) is 10.9. The van der Waals surface area contributed by atoms with E-state index in [2.05, 4.69) is 52.3 Å². The van der Waals surface area contributed by atoms with E-state index in [1.807, 2.05) is 36.4 Å². The van der Waals surface area contributed by atoms with Gasteiger partial charge in [-0.05, 0) is 108 Å². The summed E-state index contributed by atoms with van der Waals surface area (Å²) in [5, 5.41) is 16.2. The first-order valence-corrected chi connectivity index (χ1v) is 23.3. The third-order valence-corrected chi connectivity index (χ3v) is 14.6. The maximum absolute atomic E-state index is 16.3. The monoisotopic (exact) mass is 937 g/mol. The van der Waals surface area contributed by atoms with Gasteiger partial charge in [0.15, 0.2) is 0 Å². The number of piperidine rings is 2. The molecule has 3 saturated heterocycles. The molecule has 4 aromatic rings. The molecule has 4 aromatic carbocycles. The lowest BCUT2D eigenvalue weighted by atomic mass is 9.63. The molecule has 5 aliphatic rings. The third kappa shape index (κ3) is 8.47. The van der Waals surface area contributed by atoms with Crippen molar-refractivity contribution in [3.05, 3.63) is 116 Å². The number of hydrogen-bond donors (Lipinski definition) is 5. The molecule has 13 nitrogen and oxygen atoms in total. The number of ether oxygens (including phenoxy) is 1. The Morgan fingerprint density at radius 3 is 2.50 bits per heavy atom. The number of imide groups is 1. The number of carbonyl (C=O) groups is 5. The zero-order valence-corrected chi connectivity index (χ0v) is 38.9. The van der Waals surface area contributed by atoms with Gasteiger partial charge in [0.1, 0.15) is 17.6 Å². The Balaban J connectivity index is 0.858. The summed E-state index contributed by atoms with van der Waals surface area (Å²) in [6.07, 6.45) is 2.89. The van der Waals surface area contributed by atoms with Crippen molar-refractivity contribution in [2.45, 2.75) is 88.9 Å². The van der Waals surface area contributed by atoms with Crippen LogP contribution < -0.4 is 36.2 Å². The van der Waals surface area contributed by atoms with Gasteiger partial charge in [-0.25, -0.2) is 4.39 Å². The first-order valence-electron chi connectivity index (χ1n) is 22.6. The average Bonchev–Trinajstić information content (AvgIpc) is 3.93. The molecule has 5 amide bonds. The molecule has 5 N–H and O–H groups in total. The Bertz CT molecular complexity index is 2630. The molecular formula is C50H54Cl2FN7O6. The summed E-state index contributed by atoms with van der Waals surface area (Å²) >= 11 is 12.9. The molecule has 1 unspecified atom stereocenters. The zero-order valence-electron chi connectivity index (χ0n) is 37.4. The van der Waals surface area contributed by atoms with Gasteiger partial charge in [0.05, 0.1) is 23.9 Å². The van der Waals surface area contributed by atoms with Crippen molar-refractivity contribution in [3.8, 4) is 5.75 Å². The highest BCUT2D eigenvalue weighted by molar-refractivity contribution is 6.31. The molecule has 5 heterocycles. The molecule has 66 heavy (non-hydrogen) atoms. The molecule has 0 saturated carbocycles. The van der Waals surface area contributed by atoms with E-state index in [9.17, 15) is 24.0 Å². The Labute approximate surface area is 393 Å². The van der Waals surface area contributed by atoms with Gasteiger partial charge in [-0.1, -0.05) is 62.2 Å². The molecule has 0 radical (unpaired) electrons. The van der Waals surface area contributed by atoms with Gasteiger partial charge in [-0.3, -0.25) is 29.3 Å². The van der Waals surface area contributed by atoms with E-state index in [-0.39, 0.29) is 52.4 Å². The number of halogens is 3. The molecule has 16 heteroatoms. The summed E-state index contributed by atoms with van der Waals surface area (Å²) in [6, 6.07) is 19.5. The summed E-state index contributed by atoms with van der Waals surface area (Å²) in [7, 11) is 1.48. The number of carbonyl (C=O) groups excluding carboxylic acids is 5. The maximum atomic E-state index is 16.3. The van der Waals surface area contributed by atoms with E-state index in [0.717, 1.165) is 48.4 Å². The van der Waals surface area contributed by atoms with E-state index < -0.39 is 35.1 Å². The number of methoxy groups -OCH3 is 1. The van der Waals surface area contributed by atoms with Crippen molar-refractivity contribution >= 4 is 69.8 Å². The molecule has 0 aromatic heterocycles. The summed E-state index contributed by atoms with van der Waals surface area (Å²) in [4.78, 5) is 69.5. The van der Waals surface area contributed by atoms with E-state index in [1.54, 1.807) is 35.2 Å². The van der Waals surface area contributed by atoms with Crippen molar-refractivity contribution in [1.82, 2.24) is 20.9 Å². The quantitative estimate of drug-likeness (QED) is 0.102. The smallest absolute Gasteiger partial charge is 0.255 e. The Kier molecular flexibility index (Phi) is 12.3. The van der Waals surface area contributed by atoms with Gasteiger partial charge in [-0.2, -0.15) is 0 Å². The van der Waals surface area contributed by atoms with Crippen molar-refractivity contribution in [1.29, 1.82) is 0 Å². The normalized spacial score (nSPS) is 24.0. The highest BCUT2D eigenvalue weighted by Gasteiger charge is 2.61. The van der Waals surface area contributed by atoms with Crippen LogP contribution in [0.3, 0.4) is 0 Å². The lowest BCUT2D eigenvalue weighted by molar-refractivity contribution is -0.137. The number of hydrogen-bond acceptors (Lipinski definition) is 9. The van der Waals surface area contributed by atoms with E-state index >= 15 is 4.39 Å². The SMILES string of the molecule is COc1cc(C(=O)NCC2CCN(c3ccc4c(c3)CN(C3CCC(=O)NC3=O)C4=O)CC2)ccc1NC(=O)[C@@H]1N[C@@H](CC(C)(C)C)[C@@]2(CNc3cc(Cl)ccc32)[C@H]1c1cccc(Cl)c1F. The number of nitrogens with zero attached hydrogens (tertiary/aromatic N) is 2. The number of amides is 5. The Hall–Kier alpha value is -5.70. The fourth-order valence-corrected chi connectivity index (χ4v) is 11.3. The molecule has 9 rings (SSSR count). The predicted octanol–water partition coefficient (Wildman–Crippen LogP) is 7.41. The summed E-state index contributed by atoms with van der Waals surface area (Å²) in [5.41, 5.74) is 4.40. The largest absolute Gasteiger partial charge is 0.495 e. The van der Waals surface area contributed by atoms with Gasteiger partial charge in [0.2, 0.25) is 17.7 Å². The fraction of sp³-hybridized carbons (Fsp3) is 0.420. The Morgan fingerprint density at radius 2 is 1.76 bits per heavy atom. The van der Waals surface area contributed by atoms with Crippen LogP contribution in [0.4, 0.5) is 21.5 Å². The minimum absolute atomic E-state index is 0.0261. The molecular weight excluding hydrogens is 884 g/mol. The first kappa shape index (κ1) is 45.5. The predicted molar refractivity (Wildman–Crippen MR) is 252 cm³/mol. The van der Waals surface area contributed by atoms with Crippen LogP contribution in [-0.2, 0) is 26.3 Å². The van der Waals surface area contributed by atoms with Crippen LogP contribution >= 0.6 is 23.2 Å². The van der Waals surface area contributed by atoms with Crippen LogP contribution in [0.5, 0.6) is 5.75 Å². The number of anilines is 3. The number of rotatable bonds is 10. The number of fused-ring (bicyclic) bond motifs is 3. The molecule has 5 atom stereocenters. The molecule has 0 aliphatic carbocycles. The van der Waals surface area contributed by atoms with Crippen LogP contribution in [-0.4, -0.2) is 85.9 Å².